The van der Waals surface area contributed by atoms with Gasteiger partial charge in [-0.25, -0.2) is 0 Å². The van der Waals surface area contributed by atoms with Crippen LogP contribution in [0.2, 0.25) is 0 Å². The van der Waals surface area contributed by atoms with E-state index in [4.69, 9.17) is 4.98 Å². The van der Waals surface area contributed by atoms with Gasteiger partial charge in [0.2, 0.25) is 0 Å². The maximum Gasteiger partial charge on any atom is 0.265 e. The van der Waals surface area contributed by atoms with Crippen LogP contribution < -0.4 is 11.1 Å². The molecule has 6 nitrogen and oxygen atoms in total. The van der Waals surface area contributed by atoms with Crippen LogP contribution in [-0.2, 0) is 0 Å². The Hall–Kier alpha value is -10.6. The normalized spacial score (nSPS) is 11.0. The highest BCUT2D eigenvalue weighted by Crippen LogP contribution is 2.40. The summed E-state index contributed by atoms with van der Waals surface area (Å²) in [4.78, 5) is 36.1. The van der Waals surface area contributed by atoms with Crippen molar-refractivity contribution in [2.75, 3.05) is 0 Å². The van der Waals surface area contributed by atoms with Crippen molar-refractivity contribution in [1.29, 1.82) is 0 Å². The number of benzene rings is 10. The molecule has 6 aromatic heterocycles. The summed E-state index contributed by atoms with van der Waals surface area (Å²) in [5, 5.41) is 8.54. The lowest BCUT2D eigenvalue weighted by molar-refractivity contribution is 0.544. The first-order chi connectivity index (χ1) is 44.3. The fourth-order valence-corrected chi connectivity index (χ4v) is 12.2. The third-order valence-electron chi connectivity index (χ3n) is 17.0. The molecule has 16 aromatic rings. The van der Waals surface area contributed by atoms with Gasteiger partial charge in [0, 0.05) is 56.3 Å². The summed E-state index contributed by atoms with van der Waals surface area (Å²) in [5.41, 5.74) is 18.4. The second-order valence-corrected chi connectivity index (χ2v) is 21.9. The van der Waals surface area contributed by atoms with E-state index in [1.807, 2.05) is 111 Å². The maximum atomic E-state index is 13.9. The van der Waals surface area contributed by atoms with Crippen molar-refractivity contribution in [1.82, 2.24) is 18.8 Å². The van der Waals surface area contributed by atoms with Crippen LogP contribution in [0.1, 0.15) is 75.2 Å². The van der Waals surface area contributed by atoms with E-state index in [2.05, 4.69) is 220 Å². The van der Waals surface area contributed by atoms with Crippen LogP contribution in [-0.4, -0.2) is 18.8 Å². The molecule has 0 aliphatic rings. The Bertz CT molecular complexity index is 5120. The van der Waals surface area contributed by atoms with Gasteiger partial charge in [0.1, 0.15) is 0 Å². The van der Waals surface area contributed by atoms with Gasteiger partial charge in [-0.3, -0.25) is 28.4 Å². The molecule has 6 heterocycles. The molecule has 0 radical (unpaired) electrons. The van der Waals surface area contributed by atoms with Gasteiger partial charge in [-0.2, -0.15) is 0 Å². The predicted octanol–water partition coefficient (Wildman–Crippen LogP) is 22.7. The maximum absolute atomic E-state index is 13.9. The minimum Gasteiger partial charge on any atom is -0.275 e. The Morgan fingerprint density at radius 2 is 0.667 bits per heavy atom. The first-order valence-corrected chi connectivity index (χ1v) is 32.0. The Kier molecular flexibility index (Phi) is 18.8. The first kappa shape index (κ1) is 61.1. The fraction of sp³-hybridized carbons (Fsp3) is 0.143. The number of fused-ring (bicyclic) bond motifs is 10. The van der Waals surface area contributed by atoms with Gasteiger partial charge in [-0.1, -0.05) is 251 Å². The summed E-state index contributed by atoms with van der Waals surface area (Å²) >= 11 is 0. The van der Waals surface area contributed by atoms with Gasteiger partial charge in [-0.15, -0.1) is 0 Å². The molecule has 90 heavy (non-hydrogen) atoms. The zero-order valence-electron chi connectivity index (χ0n) is 53.0. The molecule has 0 amide bonds. The van der Waals surface area contributed by atoms with Gasteiger partial charge in [-0.05, 0) is 151 Å². The zero-order valence-corrected chi connectivity index (χ0v) is 53.0. The Balaban J connectivity index is 0.000000178. The van der Waals surface area contributed by atoms with Crippen LogP contribution in [0.25, 0.3) is 143 Å². The predicted molar refractivity (Wildman–Crippen MR) is 387 cm³/mol. The number of hydrogen-bond donors (Lipinski definition) is 0. The van der Waals surface area contributed by atoms with Crippen molar-refractivity contribution in [2.45, 2.75) is 75.2 Å². The van der Waals surface area contributed by atoms with Crippen molar-refractivity contribution < 1.29 is 0 Å². The van der Waals surface area contributed by atoms with Crippen molar-refractivity contribution in [3.05, 3.63) is 288 Å². The summed E-state index contributed by atoms with van der Waals surface area (Å²) in [6.07, 6.45) is 7.94. The van der Waals surface area contributed by atoms with Crippen LogP contribution in [0.4, 0.5) is 0 Å². The van der Waals surface area contributed by atoms with E-state index in [1.165, 1.54) is 40.7 Å². The van der Waals surface area contributed by atoms with E-state index >= 15 is 0 Å². The molecular weight excluding hydrogens is 1100 g/mol. The standard InChI is InChI=1S/C48H30N2O.C24H14N2O.C6H14.3C2H6/c51-48-43-20-8-7-19-41(43)46-47-42(23-24-49-46)44-30-37(21-22-45(44)50(47)48)40-28-38(35-17-9-15-33(25-35)31-11-3-1-4-12-31)27-39(29-40)36-18-10-16-34(26-36)32-13-5-2-6-14-32;27-24-21-14-25-12-11-17(21)18-7-4-8-19-20-13-16(15-5-2-1-3-6-15)9-10-22(20)26(24)23(18)19;1-4-6(3)5-2;3*1-2/h1-30H;1-14H;6H,4-5H2,1-3H3;3*1-2H3. The van der Waals surface area contributed by atoms with E-state index in [1.54, 1.807) is 12.4 Å². The molecule has 0 spiro atoms. The number of pyridine rings is 4. The lowest BCUT2D eigenvalue weighted by atomic mass is 9.91. The lowest BCUT2D eigenvalue weighted by Gasteiger charge is -2.13. The number of para-hydroxylation sites is 1. The molecule has 0 saturated heterocycles. The molecule has 16 rings (SSSR count). The molecule has 0 aliphatic carbocycles. The average molecular weight is 1170 g/mol. The quantitative estimate of drug-likeness (QED) is 0.142. The molecule has 444 valence electrons. The summed E-state index contributed by atoms with van der Waals surface area (Å²) in [7, 11) is 0. The minimum atomic E-state index is -0.0141. The Morgan fingerprint density at radius 3 is 1.16 bits per heavy atom. The monoisotopic (exact) mass is 1170 g/mol. The molecule has 0 atom stereocenters. The lowest BCUT2D eigenvalue weighted by Crippen LogP contribution is -2.13. The van der Waals surface area contributed by atoms with Gasteiger partial charge in [0.05, 0.1) is 33.0 Å². The minimum absolute atomic E-state index is 0.00994. The largest absolute Gasteiger partial charge is 0.275 e. The SMILES string of the molecule is CC.CC.CC.CCC(C)CC.O=c1c2ccccc2c2nccc3c4cc(-c5cc(-c6cccc(-c7ccccc7)c6)cc(-c6cccc(-c7ccccc7)c6)c5)ccc4n1c32.O=c1c2cnccc2c2cccc3c4cc(-c5ccccc5)ccc4n1c23. The molecule has 0 unspecified atom stereocenters. The third kappa shape index (κ3) is 11.6. The average Bonchev–Trinajstić information content (AvgIpc) is 1.55. The highest BCUT2D eigenvalue weighted by atomic mass is 16.1. The highest BCUT2D eigenvalue weighted by molar-refractivity contribution is 6.21. The number of nitrogens with zero attached hydrogens (tertiary/aromatic N) is 4. The summed E-state index contributed by atoms with van der Waals surface area (Å²) < 4.78 is 3.70. The second-order valence-electron chi connectivity index (χ2n) is 21.9. The van der Waals surface area contributed by atoms with Crippen LogP contribution in [0.5, 0.6) is 0 Å². The molecule has 0 saturated carbocycles. The number of rotatable bonds is 8. The summed E-state index contributed by atoms with van der Waals surface area (Å²) in [6, 6.07) is 86.7. The smallest absolute Gasteiger partial charge is 0.265 e. The van der Waals surface area contributed by atoms with E-state index in [-0.39, 0.29) is 11.1 Å². The van der Waals surface area contributed by atoms with Crippen LogP contribution in [0.3, 0.4) is 0 Å². The summed E-state index contributed by atoms with van der Waals surface area (Å²) in [5.74, 6) is 0.935. The van der Waals surface area contributed by atoms with E-state index in [0.717, 1.165) is 110 Å². The van der Waals surface area contributed by atoms with Crippen molar-refractivity contribution in [3.63, 3.8) is 0 Å². The van der Waals surface area contributed by atoms with E-state index in [0.29, 0.717) is 10.8 Å². The molecule has 0 N–H and O–H groups in total. The highest BCUT2D eigenvalue weighted by Gasteiger charge is 2.20. The fourth-order valence-electron chi connectivity index (χ4n) is 12.2. The van der Waals surface area contributed by atoms with Crippen LogP contribution >= 0.6 is 0 Å². The molecule has 0 aliphatic heterocycles. The van der Waals surface area contributed by atoms with Crippen molar-refractivity contribution >= 4 is 76.1 Å². The van der Waals surface area contributed by atoms with E-state index in [9.17, 15) is 9.59 Å². The van der Waals surface area contributed by atoms with Crippen LogP contribution in [0, 0.1) is 5.92 Å². The number of hydrogen-bond acceptors (Lipinski definition) is 4. The van der Waals surface area contributed by atoms with Gasteiger partial charge >= 0.3 is 0 Å². The van der Waals surface area contributed by atoms with Gasteiger partial charge in [0.25, 0.3) is 11.1 Å². The zero-order chi connectivity index (χ0) is 62.8. The molecule has 0 fully saturated rings. The van der Waals surface area contributed by atoms with E-state index < -0.39 is 0 Å². The van der Waals surface area contributed by atoms with Gasteiger partial charge < -0.3 is 0 Å². The molecular formula is C84H76N4O2. The van der Waals surface area contributed by atoms with Crippen LogP contribution in [0.15, 0.2) is 277 Å². The third-order valence-corrected chi connectivity index (χ3v) is 17.0. The van der Waals surface area contributed by atoms with Crippen molar-refractivity contribution in [2.24, 2.45) is 5.92 Å². The van der Waals surface area contributed by atoms with Crippen molar-refractivity contribution in [3.8, 4) is 66.8 Å². The second kappa shape index (κ2) is 27.6. The molecule has 0 bridgehead atoms. The summed E-state index contributed by atoms with van der Waals surface area (Å²) in [6.45, 7) is 18.7. The Labute approximate surface area is 527 Å². The molecule has 10 aromatic carbocycles. The topological polar surface area (TPSA) is 68.7 Å². The molecule has 6 heteroatoms. The first-order valence-electron chi connectivity index (χ1n) is 32.0. The number of aromatic nitrogens is 4. The van der Waals surface area contributed by atoms with Gasteiger partial charge in [0.15, 0.2) is 0 Å². The Morgan fingerprint density at radius 1 is 0.311 bits per heavy atom.